The number of ether oxygens (including phenoxy) is 1. The highest BCUT2D eigenvalue weighted by atomic mass is 35.5. The highest BCUT2D eigenvalue weighted by molar-refractivity contribution is 6.30. The summed E-state index contributed by atoms with van der Waals surface area (Å²) in [6.07, 6.45) is 6.09. The van der Waals surface area contributed by atoms with E-state index < -0.39 is 0 Å². The molecule has 0 radical (unpaired) electrons. The summed E-state index contributed by atoms with van der Waals surface area (Å²) in [4.78, 5) is 17.2. The number of amides is 1. The zero-order valence-corrected chi connectivity index (χ0v) is 16.4. The van der Waals surface area contributed by atoms with Gasteiger partial charge in [0.1, 0.15) is 0 Å². The van der Waals surface area contributed by atoms with Crippen molar-refractivity contribution >= 4 is 17.5 Å². The van der Waals surface area contributed by atoms with Crippen LogP contribution in [0.5, 0.6) is 0 Å². The van der Waals surface area contributed by atoms with Crippen molar-refractivity contribution < 1.29 is 9.53 Å². The normalized spacial score (nSPS) is 27.8. The maximum absolute atomic E-state index is 12.6. The molecule has 1 heterocycles. The van der Waals surface area contributed by atoms with E-state index in [0.717, 1.165) is 38.3 Å². The molecule has 1 amide bonds. The van der Waals surface area contributed by atoms with Crippen LogP contribution < -0.4 is 0 Å². The molecule has 1 saturated heterocycles. The number of nitrogens with zero attached hydrogens (tertiary/aromatic N) is 2. The van der Waals surface area contributed by atoms with Crippen molar-refractivity contribution in [3.05, 3.63) is 34.9 Å². The van der Waals surface area contributed by atoms with Gasteiger partial charge in [0.15, 0.2) is 0 Å². The number of carbonyl (C=O) groups is 1. The molecule has 0 bridgehead atoms. The SMILES string of the molecule is CCO[C@@H]1C[C@@H](N2CCN(C(=O)Cc3ccc(Cl)cc3)CC2)C12CCC2. The fourth-order valence-corrected chi connectivity index (χ4v) is 5.21. The van der Waals surface area contributed by atoms with Crippen LogP contribution in [0.4, 0.5) is 0 Å². The Balaban J connectivity index is 1.29. The first kappa shape index (κ1) is 18.3. The van der Waals surface area contributed by atoms with Gasteiger partial charge in [-0.1, -0.05) is 30.2 Å². The lowest BCUT2D eigenvalue weighted by Crippen LogP contribution is -2.69. The molecule has 4 rings (SSSR count). The van der Waals surface area contributed by atoms with Crippen LogP contribution in [0.3, 0.4) is 0 Å². The highest BCUT2D eigenvalue weighted by Crippen LogP contribution is 2.59. The van der Waals surface area contributed by atoms with Gasteiger partial charge in [-0.15, -0.1) is 0 Å². The van der Waals surface area contributed by atoms with E-state index in [1.807, 2.05) is 29.2 Å². The summed E-state index contributed by atoms with van der Waals surface area (Å²) in [6, 6.07) is 8.26. The Bertz CT molecular complexity index is 636. The summed E-state index contributed by atoms with van der Waals surface area (Å²) in [6.45, 7) is 6.61. The van der Waals surface area contributed by atoms with Gasteiger partial charge in [-0.25, -0.2) is 0 Å². The van der Waals surface area contributed by atoms with Gasteiger partial charge in [-0.05, 0) is 43.9 Å². The Kier molecular flexibility index (Phi) is 5.27. The number of piperazine rings is 1. The minimum absolute atomic E-state index is 0.228. The van der Waals surface area contributed by atoms with Crippen molar-refractivity contribution in [2.45, 2.75) is 51.2 Å². The molecule has 4 nitrogen and oxygen atoms in total. The molecule has 2 atom stereocenters. The molecule has 1 aliphatic heterocycles. The molecule has 2 saturated carbocycles. The first-order chi connectivity index (χ1) is 12.6. The molecule has 0 aromatic heterocycles. The maximum Gasteiger partial charge on any atom is 0.227 e. The Morgan fingerprint density at radius 1 is 1.19 bits per heavy atom. The predicted molar refractivity (Wildman–Crippen MR) is 103 cm³/mol. The van der Waals surface area contributed by atoms with E-state index in [1.54, 1.807) is 0 Å². The number of halogens is 1. The lowest BCUT2D eigenvalue weighted by atomic mass is 9.50. The minimum atomic E-state index is 0.228. The van der Waals surface area contributed by atoms with Crippen LogP contribution in [0.2, 0.25) is 5.02 Å². The lowest BCUT2D eigenvalue weighted by molar-refractivity contribution is -0.207. The van der Waals surface area contributed by atoms with Gasteiger partial charge in [0.25, 0.3) is 0 Å². The third-order valence-electron chi connectivity index (χ3n) is 6.77. The van der Waals surface area contributed by atoms with Gasteiger partial charge in [0.05, 0.1) is 12.5 Å². The van der Waals surface area contributed by atoms with E-state index in [0.29, 0.717) is 29.0 Å². The Morgan fingerprint density at radius 3 is 2.46 bits per heavy atom. The van der Waals surface area contributed by atoms with Gasteiger partial charge >= 0.3 is 0 Å². The van der Waals surface area contributed by atoms with Gasteiger partial charge in [-0.3, -0.25) is 9.69 Å². The van der Waals surface area contributed by atoms with Crippen LogP contribution >= 0.6 is 11.6 Å². The number of benzene rings is 1. The molecule has 5 heteroatoms. The van der Waals surface area contributed by atoms with E-state index in [-0.39, 0.29) is 5.91 Å². The van der Waals surface area contributed by atoms with Crippen LogP contribution in [0.1, 0.15) is 38.2 Å². The molecular formula is C21H29ClN2O2. The van der Waals surface area contributed by atoms with Crippen molar-refractivity contribution in [3.8, 4) is 0 Å². The summed E-state index contributed by atoms with van der Waals surface area (Å²) in [5, 5.41) is 0.714. The third-order valence-corrected chi connectivity index (χ3v) is 7.02. The molecule has 2 aliphatic carbocycles. The molecule has 0 N–H and O–H groups in total. The molecule has 3 fully saturated rings. The van der Waals surface area contributed by atoms with E-state index in [9.17, 15) is 4.79 Å². The van der Waals surface area contributed by atoms with Gasteiger partial charge in [-0.2, -0.15) is 0 Å². The third kappa shape index (κ3) is 3.28. The second-order valence-electron chi connectivity index (χ2n) is 8.00. The average Bonchev–Trinajstić information content (AvgIpc) is 2.59. The second-order valence-corrected chi connectivity index (χ2v) is 8.44. The molecule has 1 spiro atoms. The van der Waals surface area contributed by atoms with Crippen molar-refractivity contribution in [1.29, 1.82) is 0 Å². The van der Waals surface area contributed by atoms with Crippen LogP contribution in [-0.4, -0.2) is 60.6 Å². The molecule has 3 aliphatic rings. The van der Waals surface area contributed by atoms with Gasteiger partial charge < -0.3 is 9.64 Å². The topological polar surface area (TPSA) is 32.8 Å². The summed E-state index contributed by atoms with van der Waals surface area (Å²) in [7, 11) is 0. The van der Waals surface area contributed by atoms with E-state index in [1.165, 1.54) is 25.7 Å². The summed E-state index contributed by atoms with van der Waals surface area (Å²) >= 11 is 5.92. The van der Waals surface area contributed by atoms with Gasteiger partial charge in [0.2, 0.25) is 5.91 Å². The van der Waals surface area contributed by atoms with Crippen LogP contribution in [-0.2, 0) is 16.0 Å². The lowest BCUT2D eigenvalue weighted by Gasteiger charge is -2.64. The highest BCUT2D eigenvalue weighted by Gasteiger charge is 2.60. The maximum atomic E-state index is 12.6. The van der Waals surface area contributed by atoms with Crippen molar-refractivity contribution in [1.82, 2.24) is 9.80 Å². The number of hydrogen-bond acceptors (Lipinski definition) is 3. The first-order valence-electron chi connectivity index (χ1n) is 10.0. The van der Waals surface area contributed by atoms with Crippen LogP contribution in [0, 0.1) is 5.41 Å². The number of rotatable bonds is 5. The Hall–Kier alpha value is -1.10. The quantitative estimate of drug-likeness (QED) is 0.789. The summed E-state index contributed by atoms with van der Waals surface area (Å²) in [5.74, 6) is 0.228. The fourth-order valence-electron chi connectivity index (χ4n) is 5.09. The molecular weight excluding hydrogens is 348 g/mol. The minimum Gasteiger partial charge on any atom is -0.378 e. The number of carbonyl (C=O) groups excluding carboxylic acids is 1. The monoisotopic (exact) mass is 376 g/mol. The Labute approximate surface area is 161 Å². The Morgan fingerprint density at radius 2 is 1.88 bits per heavy atom. The van der Waals surface area contributed by atoms with Crippen molar-refractivity contribution in [3.63, 3.8) is 0 Å². The van der Waals surface area contributed by atoms with E-state index >= 15 is 0 Å². The average molecular weight is 377 g/mol. The molecule has 1 aromatic carbocycles. The van der Waals surface area contributed by atoms with Gasteiger partial charge in [0, 0.05) is 49.3 Å². The van der Waals surface area contributed by atoms with Crippen molar-refractivity contribution in [2.24, 2.45) is 5.41 Å². The van der Waals surface area contributed by atoms with E-state index in [4.69, 9.17) is 16.3 Å². The molecule has 0 unspecified atom stereocenters. The van der Waals surface area contributed by atoms with E-state index in [2.05, 4.69) is 11.8 Å². The van der Waals surface area contributed by atoms with Crippen molar-refractivity contribution in [2.75, 3.05) is 32.8 Å². The summed E-state index contributed by atoms with van der Waals surface area (Å²) in [5.41, 5.74) is 1.46. The van der Waals surface area contributed by atoms with Crippen LogP contribution in [0.25, 0.3) is 0 Å². The largest absolute Gasteiger partial charge is 0.378 e. The molecule has 26 heavy (non-hydrogen) atoms. The fraction of sp³-hybridized carbons (Fsp3) is 0.667. The number of hydrogen-bond donors (Lipinski definition) is 0. The molecule has 142 valence electrons. The predicted octanol–water partition coefficient (Wildman–Crippen LogP) is 3.37. The second kappa shape index (κ2) is 7.49. The smallest absolute Gasteiger partial charge is 0.227 e. The zero-order chi connectivity index (χ0) is 18.1. The standard InChI is InChI=1S/C21H29ClN2O2/c1-2-26-19-15-18(21(19)8-3-9-21)23-10-12-24(13-11-23)20(25)14-16-4-6-17(22)7-5-16/h4-7,18-19H,2-3,8-15H2,1H3/t18-,19-/m1/s1. The van der Waals surface area contributed by atoms with Crippen LogP contribution in [0.15, 0.2) is 24.3 Å². The zero-order valence-electron chi connectivity index (χ0n) is 15.6. The molecule has 1 aromatic rings. The first-order valence-corrected chi connectivity index (χ1v) is 10.4. The summed E-state index contributed by atoms with van der Waals surface area (Å²) < 4.78 is 5.99.